The molecule has 0 heterocycles. The van der Waals surface area contributed by atoms with Crippen LogP contribution in [0.3, 0.4) is 0 Å². The van der Waals surface area contributed by atoms with Gasteiger partial charge in [0, 0.05) is 10.5 Å². The quantitative estimate of drug-likeness (QED) is 0.829. The van der Waals surface area contributed by atoms with E-state index < -0.39 is 0 Å². The number of hydrogen-bond donors (Lipinski definition) is 1. The standard InChI is InChI=1S/C17H25BrFN/c1-11-4-7-14(16(20)8-11)17(2,3)10-12-5-6-13(19)9-15(12)18/h5-6,9,11,14,16H,4,7-8,10,20H2,1-3H3. The molecule has 1 aliphatic carbocycles. The van der Waals surface area contributed by atoms with Crippen molar-refractivity contribution in [3.8, 4) is 0 Å². The Hall–Kier alpha value is -0.410. The van der Waals surface area contributed by atoms with Gasteiger partial charge in [-0.25, -0.2) is 4.39 Å². The first-order valence-corrected chi connectivity index (χ1v) is 8.28. The maximum absolute atomic E-state index is 13.2. The second kappa shape index (κ2) is 6.15. The first kappa shape index (κ1) is 16.0. The lowest BCUT2D eigenvalue weighted by molar-refractivity contribution is 0.113. The van der Waals surface area contributed by atoms with Crippen molar-refractivity contribution in [2.75, 3.05) is 0 Å². The summed E-state index contributed by atoms with van der Waals surface area (Å²) in [6.45, 7) is 6.88. The number of rotatable bonds is 3. The molecule has 0 aliphatic heterocycles. The summed E-state index contributed by atoms with van der Waals surface area (Å²) in [7, 11) is 0. The zero-order chi connectivity index (χ0) is 14.9. The van der Waals surface area contributed by atoms with E-state index in [0.29, 0.717) is 5.92 Å². The second-order valence-corrected chi connectivity index (χ2v) is 7.94. The average molecular weight is 342 g/mol. The summed E-state index contributed by atoms with van der Waals surface area (Å²) in [5, 5.41) is 0. The van der Waals surface area contributed by atoms with Crippen molar-refractivity contribution in [3.63, 3.8) is 0 Å². The highest BCUT2D eigenvalue weighted by Crippen LogP contribution is 2.42. The van der Waals surface area contributed by atoms with E-state index in [1.807, 2.05) is 6.07 Å². The van der Waals surface area contributed by atoms with E-state index in [1.54, 1.807) is 12.1 Å². The van der Waals surface area contributed by atoms with Gasteiger partial charge >= 0.3 is 0 Å². The molecule has 1 aromatic carbocycles. The largest absolute Gasteiger partial charge is 0.327 e. The smallest absolute Gasteiger partial charge is 0.124 e. The van der Waals surface area contributed by atoms with E-state index in [4.69, 9.17) is 5.73 Å². The molecule has 0 radical (unpaired) electrons. The average Bonchev–Trinajstić information content (AvgIpc) is 2.32. The molecule has 2 rings (SSSR count). The normalized spacial score (nSPS) is 27.6. The van der Waals surface area contributed by atoms with Crippen LogP contribution in [0.4, 0.5) is 4.39 Å². The zero-order valence-electron chi connectivity index (χ0n) is 12.6. The zero-order valence-corrected chi connectivity index (χ0v) is 14.2. The fourth-order valence-corrected chi connectivity index (χ4v) is 4.17. The van der Waals surface area contributed by atoms with Gasteiger partial charge in [-0.1, -0.05) is 49.2 Å². The van der Waals surface area contributed by atoms with Crippen LogP contribution in [0.5, 0.6) is 0 Å². The predicted octanol–water partition coefficient (Wildman–Crippen LogP) is 4.92. The van der Waals surface area contributed by atoms with Gasteiger partial charge in [0.2, 0.25) is 0 Å². The molecule has 1 aliphatic rings. The van der Waals surface area contributed by atoms with Crippen molar-refractivity contribution in [1.82, 2.24) is 0 Å². The topological polar surface area (TPSA) is 26.0 Å². The fourth-order valence-electron chi connectivity index (χ4n) is 3.68. The van der Waals surface area contributed by atoms with Crippen LogP contribution < -0.4 is 5.73 Å². The minimum absolute atomic E-state index is 0.139. The molecule has 1 fully saturated rings. The van der Waals surface area contributed by atoms with Crippen LogP contribution in [0.25, 0.3) is 0 Å². The molecule has 2 N–H and O–H groups in total. The van der Waals surface area contributed by atoms with Gasteiger partial charge in [0.15, 0.2) is 0 Å². The van der Waals surface area contributed by atoms with Crippen molar-refractivity contribution in [3.05, 3.63) is 34.1 Å². The van der Waals surface area contributed by atoms with Gasteiger partial charge < -0.3 is 5.73 Å². The number of hydrogen-bond acceptors (Lipinski definition) is 1. The lowest BCUT2D eigenvalue weighted by Gasteiger charge is -2.43. The lowest BCUT2D eigenvalue weighted by Crippen LogP contribution is -2.44. The molecule has 3 atom stereocenters. The molecule has 1 aromatic rings. The van der Waals surface area contributed by atoms with Crippen LogP contribution >= 0.6 is 15.9 Å². The number of benzene rings is 1. The molecule has 0 spiro atoms. The molecule has 0 aromatic heterocycles. The molecule has 0 saturated heterocycles. The van der Waals surface area contributed by atoms with Crippen molar-refractivity contribution < 1.29 is 4.39 Å². The van der Waals surface area contributed by atoms with Gasteiger partial charge in [-0.3, -0.25) is 0 Å². The molecule has 3 heteroatoms. The van der Waals surface area contributed by atoms with E-state index in [9.17, 15) is 4.39 Å². The number of halogens is 2. The lowest BCUT2D eigenvalue weighted by atomic mass is 9.64. The Labute approximate surface area is 130 Å². The SMILES string of the molecule is CC1CCC(C(C)(C)Cc2ccc(F)cc2Br)C(N)C1. The Balaban J connectivity index is 2.14. The van der Waals surface area contributed by atoms with Gasteiger partial charge in [0.25, 0.3) is 0 Å². The first-order chi connectivity index (χ1) is 9.29. The van der Waals surface area contributed by atoms with Crippen LogP contribution in [-0.4, -0.2) is 6.04 Å². The number of nitrogens with two attached hydrogens (primary N) is 1. The highest BCUT2D eigenvalue weighted by atomic mass is 79.9. The molecule has 0 amide bonds. The van der Waals surface area contributed by atoms with Gasteiger partial charge in [-0.2, -0.15) is 0 Å². The molecular weight excluding hydrogens is 317 g/mol. The van der Waals surface area contributed by atoms with E-state index in [0.717, 1.165) is 23.2 Å². The van der Waals surface area contributed by atoms with Gasteiger partial charge in [-0.15, -0.1) is 0 Å². The Morgan fingerprint density at radius 2 is 2.05 bits per heavy atom. The third-order valence-electron chi connectivity index (χ3n) is 4.83. The summed E-state index contributed by atoms with van der Waals surface area (Å²) in [5.41, 5.74) is 7.71. The third-order valence-corrected chi connectivity index (χ3v) is 5.56. The molecule has 0 bridgehead atoms. The second-order valence-electron chi connectivity index (χ2n) is 7.09. The van der Waals surface area contributed by atoms with E-state index >= 15 is 0 Å². The summed E-state index contributed by atoms with van der Waals surface area (Å²) >= 11 is 3.48. The molecular formula is C17H25BrFN. The molecule has 20 heavy (non-hydrogen) atoms. The first-order valence-electron chi connectivity index (χ1n) is 7.49. The Bertz CT molecular complexity index is 472. The highest BCUT2D eigenvalue weighted by Gasteiger charge is 2.37. The van der Waals surface area contributed by atoms with E-state index in [1.165, 1.54) is 18.4 Å². The van der Waals surface area contributed by atoms with Crippen molar-refractivity contribution in [2.45, 2.75) is 52.5 Å². The molecule has 112 valence electrons. The van der Waals surface area contributed by atoms with E-state index in [2.05, 4.69) is 36.7 Å². The Morgan fingerprint density at radius 3 is 2.65 bits per heavy atom. The Kier molecular flexibility index (Phi) is 4.91. The van der Waals surface area contributed by atoms with Crippen LogP contribution in [0.15, 0.2) is 22.7 Å². The van der Waals surface area contributed by atoms with Crippen molar-refractivity contribution >= 4 is 15.9 Å². The molecule has 1 nitrogen and oxygen atoms in total. The molecule has 1 saturated carbocycles. The van der Waals surface area contributed by atoms with Crippen molar-refractivity contribution in [2.24, 2.45) is 23.0 Å². The predicted molar refractivity (Wildman–Crippen MR) is 86.1 cm³/mol. The van der Waals surface area contributed by atoms with Gasteiger partial charge in [-0.05, 0) is 54.2 Å². The highest BCUT2D eigenvalue weighted by molar-refractivity contribution is 9.10. The summed E-state index contributed by atoms with van der Waals surface area (Å²) in [5.74, 6) is 1.09. The van der Waals surface area contributed by atoms with Gasteiger partial charge in [0.1, 0.15) is 5.82 Å². The fraction of sp³-hybridized carbons (Fsp3) is 0.647. The van der Waals surface area contributed by atoms with Crippen LogP contribution in [0, 0.1) is 23.1 Å². The Morgan fingerprint density at radius 1 is 1.35 bits per heavy atom. The third kappa shape index (κ3) is 3.62. The maximum Gasteiger partial charge on any atom is 0.124 e. The summed E-state index contributed by atoms with van der Waals surface area (Å²) < 4.78 is 14.1. The monoisotopic (exact) mass is 341 g/mol. The maximum atomic E-state index is 13.2. The van der Waals surface area contributed by atoms with Crippen LogP contribution in [0.1, 0.15) is 45.6 Å². The van der Waals surface area contributed by atoms with Gasteiger partial charge in [0.05, 0.1) is 0 Å². The summed E-state index contributed by atoms with van der Waals surface area (Å²) in [6.07, 6.45) is 4.53. The van der Waals surface area contributed by atoms with E-state index in [-0.39, 0.29) is 17.3 Å². The van der Waals surface area contributed by atoms with Crippen LogP contribution in [-0.2, 0) is 6.42 Å². The summed E-state index contributed by atoms with van der Waals surface area (Å²) in [4.78, 5) is 0. The minimum atomic E-state index is -0.193. The molecule has 3 unspecified atom stereocenters. The minimum Gasteiger partial charge on any atom is -0.327 e. The van der Waals surface area contributed by atoms with Crippen LogP contribution in [0.2, 0.25) is 0 Å². The summed E-state index contributed by atoms with van der Waals surface area (Å²) in [6, 6.07) is 5.26. The van der Waals surface area contributed by atoms with Crippen molar-refractivity contribution in [1.29, 1.82) is 0 Å².